The highest BCUT2D eigenvalue weighted by Crippen LogP contribution is 2.36. The second kappa shape index (κ2) is 8.47. The molecule has 5 rings (SSSR count). The minimum absolute atomic E-state index is 0.163. The summed E-state index contributed by atoms with van der Waals surface area (Å²) in [5, 5.41) is 8.11. The van der Waals surface area contributed by atoms with Crippen LogP contribution < -0.4 is 9.46 Å². The Morgan fingerprint density at radius 3 is 2.66 bits per heavy atom. The first-order valence-corrected chi connectivity index (χ1v) is 11.8. The number of aromatic amines is 2. The van der Waals surface area contributed by atoms with Crippen molar-refractivity contribution in [1.82, 2.24) is 25.1 Å². The SMILES string of the molecule is COc1ncc(F)cc1S(=O)(=O)Nc1cccc(-c2ccc3c(-c4ncc[nH]4)[nH]nc3c2C)c1F. The van der Waals surface area contributed by atoms with Crippen LogP contribution >= 0.6 is 0 Å². The largest absolute Gasteiger partial charge is 0.480 e. The lowest BCUT2D eigenvalue weighted by atomic mass is 9.97. The first-order valence-electron chi connectivity index (χ1n) is 10.3. The average molecular weight is 496 g/mol. The number of sulfonamides is 1. The van der Waals surface area contributed by atoms with Crippen molar-refractivity contribution in [3.8, 4) is 28.5 Å². The number of rotatable bonds is 6. The number of pyridine rings is 1. The topological polar surface area (TPSA) is 126 Å². The minimum Gasteiger partial charge on any atom is -0.480 e. The third kappa shape index (κ3) is 3.87. The number of imidazole rings is 1. The quantitative estimate of drug-likeness (QED) is 0.320. The summed E-state index contributed by atoms with van der Waals surface area (Å²) >= 11 is 0. The summed E-state index contributed by atoms with van der Waals surface area (Å²) in [5.41, 5.74) is 2.38. The zero-order valence-electron chi connectivity index (χ0n) is 18.4. The van der Waals surface area contributed by atoms with Crippen molar-refractivity contribution in [3.05, 3.63) is 72.2 Å². The molecule has 35 heavy (non-hydrogen) atoms. The number of nitrogens with one attached hydrogen (secondary N) is 3. The summed E-state index contributed by atoms with van der Waals surface area (Å²) < 4.78 is 62.2. The van der Waals surface area contributed by atoms with Crippen LogP contribution in [0.5, 0.6) is 5.88 Å². The van der Waals surface area contributed by atoms with Crippen molar-refractivity contribution in [1.29, 1.82) is 0 Å². The molecule has 0 fully saturated rings. The number of halogens is 2. The van der Waals surface area contributed by atoms with Crippen LogP contribution in [0.25, 0.3) is 33.5 Å². The maximum Gasteiger partial charge on any atom is 0.267 e. The number of hydrogen-bond acceptors (Lipinski definition) is 6. The lowest BCUT2D eigenvalue weighted by Crippen LogP contribution is -2.16. The van der Waals surface area contributed by atoms with E-state index < -0.39 is 26.6 Å². The molecule has 3 N–H and O–H groups in total. The molecular weight excluding hydrogens is 478 g/mol. The van der Waals surface area contributed by atoms with Gasteiger partial charge in [-0.3, -0.25) is 9.82 Å². The molecule has 0 saturated carbocycles. The number of H-pyrrole nitrogens is 2. The molecule has 0 spiro atoms. The van der Waals surface area contributed by atoms with Crippen LogP contribution in [-0.2, 0) is 10.0 Å². The van der Waals surface area contributed by atoms with E-state index in [1.807, 2.05) is 0 Å². The second-order valence-electron chi connectivity index (χ2n) is 7.60. The molecule has 2 aromatic carbocycles. The van der Waals surface area contributed by atoms with Gasteiger partial charge in [-0.1, -0.05) is 18.2 Å². The summed E-state index contributed by atoms with van der Waals surface area (Å²) in [7, 11) is -3.21. The van der Waals surface area contributed by atoms with Gasteiger partial charge in [0.15, 0.2) is 16.5 Å². The van der Waals surface area contributed by atoms with Crippen molar-refractivity contribution in [2.45, 2.75) is 11.8 Å². The number of anilines is 1. The number of aromatic nitrogens is 5. The highest BCUT2D eigenvalue weighted by atomic mass is 32.2. The minimum atomic E-state index is -4.41. The van der Waals surface area contributed by atoms with Crippen LogP contribution in [0.1, 0.15) is 5.56 Å². The Morgan fingerprint density at radius 1 is 1.09 bits per heavy atom. The Bertz CT molecular complexity index is 1670. The molecule has 3 heterocycles. The number of ether oxygens (including phenoxy) is 1. The molecule has 0 unspecified atom stereocenters. The molecular formula is C23H18F2N6O3S. The molecule has 5 aromatic rings. The molecule has 178 valence electrons. The second-order valence-corrected chi connectivity index (χ2v) is 9.26. The molecule has 0 aliphatic carbocycles. The molecule has 0 aliphatic heterocycles. The van der Waals surface area contributed by atoms with Crippen LogP contribution in [-0.4, -0.2) is 40.7 Å². The van der Waals surface area contributed by atoms with Crippen molar-refractivity contribution in [3.63, 3.8) is 0 Å². The van der Waals surface area contributed by atoms with E-state index in [4.69, 9.17) is 4.74 Å². The van der Waals surface area contributed by atoms with Crippen LogP contribution in [0, 0.1) is 18.6 Å². The van der Waals surface area contributed by atoms with Gasteiger partial charge in [0.25, 0.3) is 10.0 Å². The first-order chi connectivity index (χ1) is 16.8. The average Bonchev–Trinajstić information content (AvgIpc) is 3.51. The fourth-order valence-electron chi connectivity index (χ4n) is 3.86. The number of aryl methyl sites for hydroxylation is 1. The van der Waals surface area contributed by atoms with Crippen LogP contribution in [0.2, 0.25) is 0 Å². The van der Waals surface area contributed by atoms with Gasteiger partial charge in [-0.15, -0.1) is 0 Å². The van der Waals surface area contributed by atoms with Crippen molar-refractivity contribution in [2.75, 3.05) is 11.8 Å². The van der Waals surface area contributed by atoms with E-state index in [1.54, 1.807) is 31.5 Å². The van der Waals surface area contributed by atoms with Gasteiger partial charge in [0.2, 0.25) is 5.88 Å². The predicted molar refractivity (Wildman–Crippen MR) is 125 cm³/mol. The Hall–Kier alpha value is -4.32. The Kier molecular flexibility index (Phi) is 5.44. The predicted octanol–water partition coefficient (Wildman–Crippen LogP) is 4.41. The zero-order valence-corrected chi connectivity index (χ0v) is 19.2. The monoisotopic (exact) mass is 496 g/mol. The fourth-order valence-corrected chi connectivity index (χ4v) is 5.06. The number of hydrogen-bond donors (Lipinski definition) is 3. The first kappa shape index (κ1) is 22.5. The molecule has 0 saturated heterocycles. The molecule has 0 atom stereocenters. The van der Waals surface area contributed by atoms with Crippen molar-refractivity contribution in [2.24, 2.45) is 0 Å². The van der Waals surface area contributed by atoms with E-state index in [-0.39, 0.29) is 17.1 Å². The number of benzene rings is 2. The summed E-state index contributed by atoms with van der Waals surface area (Å²) in [6.07, 6.45) is 4.14. The Labute approximate surface area is 198 Å². The summed E-state index contributed by atoms with van der Waals surface area (Å²) in [4.78, 5) is 10.3. The molecule has 3 aromatic heterocycles. The highest BCUT2D eigenvalue weighted by molar-refractivity contribution is 7.92. The lowest BCUT2D eigenvalue weighted by Gasteiger charge is -2.14. The zero-order chi connectivity index (χ0) is 24.7. The maximum atomic E-state index is 15.6. The molecule has 0 amide bonds. The number of methoxy groups -OCH3 is 1. The summed E-state index contributed by atoms with van der Waals surface area (Å²) in [6.45, 7) is 1.80. The van der Waals surface area contributed by atoms with Gasteiger partial charge in [0.1, 0.15) is 11.5 Å². The third-order valence-corrected chi connectivity index (χ3v) is 6.88. The van der Waals surface area contributed by atoms with Gasteiger partial charge in [0, 0.05) is 29.4 Å². The molecule has 9 nitrogen and oxygen atoms in total. The lowest BCUT2D eigenvalue weighted by molar-refractivity contribution is 0.382. The standard InChI is InChI=1S/C23H18F2N6O3S/c1-12-14(6-7-16-20(12)29-30-21(16)22-26-8-9-27-22)15-4-3-5-17(19(15)25)31-35(32,33)18-10-13(24)11-28-23(18)34-2/h3-11,31H,1-2H3,(H,26,27)(H,29,30). The van der Waals surface area contributed by atoms with E-state index in [9.17, 15) is 12.8 Å². The van der Waals surface area contributed by atoms with Crippen LogP contribution in [0.15, 0.2) is 59.9 Å². The maximum absolute atomic E-state index is 15.6. The summed E-state index contributed by atoms with van der Waals surface area (Å²) in [6, 6.07) is 8.59. The van der Waals surface area contributed by atoms with Gasteiger partial charge in [-0.05, 0) is 30.2 Å². The summed E-state index contributed by atoms with van der Waals surface area (Å²) in [5.74, 6) is -1.38. The van der Waals surface area contributed by atoms with Gasteiger partial charge < -0.3 is 9.72 Å². The van der Waals surface area contributed by atoms with Gasteiger partial charge in [-0.2, -0.15) is 5.10 Å². The molecule has 0 aliphatic rings. The van der Waals surface area contributed by atoms with E-state index in [1.165, 1.54) is 25.3 Å². The van der Waals surface area contributed by atoms with E-state index in [0.717, 1.165) is 17.6 Å². The van der Waals surface area contributed by atoms with E-state index in [2.05, 4.69) is 29.9 Å². The smallest absolute Gasteiger partial charge is 0.267 e. The van der Waals surface area contributed by atoms with Crippen LogP contribution in [0.4, 0.5) is 14.5 Å². The van der Waals surface area contributed by atoms with E-state index >= 15 is 4.39 Å². The van der Waals surface area contributed by atoms with Crippen molar-refractivity contribution >= 4 is 26.6 Å². The van der Waals surface area contributed by atoms with Crippen molar-refractivity contribution < 1.29 is 21.9 Å². The van der Waals surface area contributed by atoms with E-state index in [0.29, 0.717) is 28.2 Å². The van der Waals surface area contributed by atoms with Gasteiger partial charge >= 0.3 is 0 Å². The molecule has 12 heteroatoms. The Morgan fingerprint density at radius 2 is 1.91 bits per heavy atom. The van der Waals surface area contributed by atoms with Gasteiger partial charge in [-0.25, -0.2) is 27.2 Å². The normalized spacial score (nSPS) is 11.7. The highest BCUT2D eigenvalue weighted by Gasteiger charge is 2.24. The van der Waals surface area contributed by atoms with Crippen LogP contribution in [0.3, 0.4) is 0 Å². The van der Waals surface area contributed by atoms with Gasteiger partial charge in [0.05, 0.1) is 24.5 Å². The third-order valence-electron chi connectivity index (χ3n) is 5.52. The Balaban J connectivity index is 1.56. The number of fused-ring (bicyclic) bond motifs is 1. The fraction of sp³-hybridized carbons (Fsp3) is 0.0870. The number of nitrogens with zero attached hydrogens (tertiary/aromatic N) is 3. The molecule has 0 radical (unpaired) electrons. The molecule has 0 bridgehead atoms.